The van der Waals surface area contributed by atoms with Crippen LogP contribution in [0.1, 0.15) is 22.5 Å². The highest BCUT2D eigenvalue weighted by molar-refractivity contribution is 5.96. The molecular weight excluding hydrogens is 230 g/mol. The zero-order valence-electron chi connectivity index (χ0n) is 10.1. The van der Waals surface area contributed by atoms with Crippen molar-refractivity contribution in [3.8, 4) is 5.69 Å². The van der Waals surface area contributed by atoms with Crippen LogP contribution in [-0.2, 0) is 0 Å². The molecule has 0 saturated heterocycles. The van der Waals surface area contributed by atoms with Gasteiger partial charge in [-0.3, -0.25) is 9.36 Å². The predicted molar refractivity (Wildman–Crippen MR) is 69.1 cm³/mol. The van der Waals surface area contributed by atoms with Crippen LogP contribution in [0.15, 0.2) is 35.3 Å². The Morgan fingerprint density at radius 1 is 1.44 bits per heavy atom. The van der Waals surface area contributed by atoms with Gasteiger partial charge < -0.3 is 10.7 Å². The van der Waals surface area contributed by atoms with Crippen molar-refractivity contribution < 1.29 is 4.79 Å². The molecule has 0 fully saturated rings. The fraction of sp³-hybridized carbons (Fsp3) is 0.231. The molecule has 0 aliphatic carbocycles. The number of aryl methyl sites for hydroxylation is 1. The molecule has 1 aromatic heterocycles. The summed E-state index contributed by atoms with van der Waals surface area (Å²) in [5.41, 5.74) is 7.21. The number of nitrogens with two attached hydrogens (primary N) is 1. The summed E-state index contributed by atoms with van der Waals surface area (Å²) in [7, 11) is 0. The molecule has 94 valence electrons. The molecule has 0 aliphatic heterocycles. The summed E-state index contributed by atoms with van der Waals surface area (Å²) < 4.78 is 1.53. The van der Waals surface area contributed by atoms with Gasteiger partial charge in [0.05, 0.1) is 5.69 Å². The van der Waals surface area contributed by atoms with E-state index in [0.29, 0.717) is 24.2 Å². The van der Waals surface area contributed by atoms with Crippen molar-refractivity contribution in [1.82, 2.24) is 9.55 Å². The fourth-order valence-electron chi connectivity index (χ4n) is 1.87. The molecule has 5 heteroatoms. The van der Waals surface area contributed by atoms with Crippen LogP contribution in [0.5, 0.6) is 0 Å². The van der Waals surface area contributed by atoms with E-state index in [1.807, 2.05) is 6.92 Å². The number of hydrogen-bond donors (Lipinski definition) is 2. The average molecular weight is 245 g/mol. The van der Waals surface area contributed by atoms with Gasteiger partial charge in [-0.05, 0) is 25.6 Å². The van der Waals surface area contributed by atoms with Gasteiger partial charge in [0.2, 0.25) is 0 Å². The summed E-state index contributed by atoms with van der Waals surface area (Å²) in [4.78, 5) is 26.0. The van der Waals surface area contributed by atoms with Gasteiger partial charge in [-0.2, -0.15) is 0 Å². The van der Waals surface area contributed by atoms with Crippen LogP contribution in [0, 0.1) is 6.92 Å². The maximum absolute atomic E-state index is 11.8. The summed E-state index contributed by atoms with van der Waals surface area (Å²) in [5, 5.41) is 0. The van der Waals surface area contributed by atoms with Gasteiger partial charge in [-0.15, -0.1) is 0 Å². The van der Waals surface area contributed by atoms with Crippen molar-refractivity contribution in [2.45, 2.75) is 13.3 Å². The Hall–Kier alpha value is -2.14. The minimum absolute atomic E-state index is 0.0133. The van der Waals surface area contributed by atoms with Crippen LogP contribution in [-0.4, -0.2) is 21.9 Å². The van der Waals surface area contributed by atoms with Crippen molar-refractivity contribution in [2.24, 2.45) is 5.73 Å². The Bertz CT molecular complexity index is 625. The van der Waals surface area contributed by atoms with Crippen LogP contribution in [0.25, 0.3) is 5.69 Å². The first-order chi connectivity index (χ1) is 8.63. The lowest BCUT2D eigenvalue weighted by Gasteiger charge is -2.06. The second-order valence-electron chi connectivity index (χ2n) is 4.08. The molecule has 0 unspecified atom stereocenters. The maximum Gasteiger partial charge on any atom is 0.330 e. The topological polar surface area (TPSA) is 80.9 Å². The number of hydrogen-bond acceptors (Lipinski definition) is 3. The number of nitrogens with zero attached hydrogens (tertiary/aromatic N) is 1. The number of aromatic nitrogens is 2. The predicted octanol–water partition coefficient (Wildman–Crippen LogP) is 1.01. The summed E-state index contributed by atoms with van der Waals surface area (Å²) in [6, 6.07) is 6.99. The van der Waals surface area contributed by atoms with Gasteiger partial charge in [0.1, 0.15) is 0 Å². The highest BCUT2D eigenvalue weighted by atomic mass is 16.1. The molecule has 1 aromatic carbocycles. The van der Waals surface area contributed by atoms with Crippen LogP contribution >= 0.6 is 0 Å². The molecule has 2 aromatic rings. The number of carbonyl (C=O) groups is 1. The van der Waals surface area contributed by atoms with Crippen molar-refractivity contribution in [3.63, 3.8) is 0 Å². The standard InChI is InChI=1S/C13H15N3O2/c1-9-8-15-13(18)16(9)11-4-2-3-10(7-11)12(17)5-6-14/h2-4,7-8H,5-6,14H2,1H3,(H,15,18). The van der Waals surface area contributed by atoms with E-state index in [-0.39, 0.29) is 11.5 Å². The lowest BCUT2D eigenvalue weighted by atomic mass is 10.1. The third kappa shape index (κ3) is 2.26. The van der Waals surface area contributed by atoms with Gasteiger partial charge >= 0.3 is 5.69 Å². The van der Waals surface area contributed by atoms with E-state index in [9.17, 15) is 9.59 Å². The van der Waals surface area contributed by atoms with Gasteiger partial charge in [-0.25, -0.2) is 4.79 Å². The molecule has 0 atom stereocenters. The zero-order valence-corrected chi connectivity index (χ0v) is 10.1. The van der Waals surface area contributed by atoms with Gasteiger partial charge in [0.15, 0.2) is 5.78 Å². The molecule has 18 heavy (non-hydrogen) atoms. The smallest absolute Gasteiger partial charge is 0.330 e. The molecule has 0 aliphatic rings. The normalized spacial score (nSPS) is 10.6. The number of Topliss-reactive ketones (excluding diaryl/α,β-unsaturated/α-hetero) is 1. The molecule has 0 amide bonds. The fourth-order valence-corrected chi connectivity index (χ4v) is 1.87. The second-order valence-corrected chi connectivity index (χ2v) is 4.08. The monoisotopic (exact) mass is 245 g/mol. The lowest BCUT2D eigenvalue weighted by molar-refractivity contribution is 0.0985. The van der Waals surface area contributed by atoms with Crippen LogP contribution < -0.4 is 11.4 Å². The average Bonchev–Trinajstić information content (AvgIpc) is 2.69. The maximum atomic E-state index is 11.8. The number of imidazole rings is 1. The highest BCUT2D eigenvalue weighted by Crippen LogP contribution is 2.12. The lowest BCUT2D eigenvalue weighted by Crippen LogP contribution is -2.16. The van der Waals surface area contributed by atoms with Gasteiger partial charge in [0.25, 0.3) is 0 Å². The number of H-pyrrole nitrogens is 1. The van der Waals surface area contributed by atoms with Gasteiger partial charge in [0, 0.05) is 23.9 Å². The van der Waals surface area contributed by atoms with E-state index in [1.165, 1.54) is 4.57 Å². The SMILES string of the molecule is Cc1c[nH]c(=O)n1-c1cccc(C(=O)CCN)c1. The number of rotatable bonds is 4. The minimum Gasteiger partial charge on any atom is -0.330 e. The zero-order chi connectivity index (χ0) is 13.1. The second kappa shape index (κ2) is 5.01. The number of nitrogens with one attached hydrogen (secondary N) is 1. The molecule has 3 N–H and O–H groups in total. The van der Waals surface area contributed by atoms with Crippen molar-refractivity contribution in [1.29, 1.82) is 0 Å². The number of ketones is 1. The Balaban J connectivity index is 2.45. The van der Waals surface area contributed by atoms with Crippen LogP contribution in [0.3, 0.4) is 0 Å². The van der Waals surface area contributed by atoms with Crippen LogP contribution in [0.2, 0.25) is 0 Å². The summed E-state index contributed by atoms with van der Waals surface area (Å²) in [5.74, 6) is -0.0133. The molecule has 5 nitrogen and oxygen atoms in total. The van der Waals surface area contributed by atoms with Crippen molar-refractivity contribution in [3.05, 3.63) is 52.2 Å². The number of aromatic amines is 1. The third-order valence-corrected chi connectivity index (χ3v) is 2.76. The Morgan fingerprint density at radius 2 is 2.22 bits per heavy atom. The first-order valence-electron chi connectivity index (χ1n) is 5.74. The van der Waals surface area contributed by atoms with E-state index < -0.39 is 0 Å². The Labute approximate surface area is 104 Å². The first kappa shape index (κ1) is 12.3. The molecule has 0 bridgehead atoms. The minimum atomic E-state index is -0.212. The van der Waals surface area contributed by atoms with E-state index >= 15 is 0 Å². The summed E-state index contributed by atoms with van der Waals surface area (Å²) in [6.45, 7) is 2.15. The van der Waals surface area contributed by atoms with Crippen molar-refractivity contribution >= 4 is 5.78 Å². The van der Waals surface area contributed by atoms with E-state index in [4.69, 9.17) is 5.73 Å². The Morgan fingerprint density at radius 3 is 2.83 bits per heavy atom. The first-order valence-corrected chi connectivity index (χ1v) is 5.74. The molecular formula is C13H15N3O2. The molecule has 0 spiro atoms. The largest absolute Gasteiger partial charge is 0.330 e. The summed E-state index contributed by atoms with van der Waals surface area (Å²) in [6.07, 6.45) is 1.95. The van der Waals surface area contributed by atoms with E-state index in [0.717, 1.165) is 5.69 Å². The van der Waals surface area contributed by atoms with Gasteiger partial charge in [-0.1, -0.05) is 12.1 Å². The summed E-state index contributed by atoms with van der Waals surface area (Å²) >= 11 is 0. The van der Waals surface area contributed by atoms with E-state index in [2.05, 4.69) is 4.98 Å². The highest BCUT2D eigenvalue weighted by Gasteiger charge is 2.09. The number of carbonyl (C=O) groups excluding carboxylic acids is 1. The molecule has 0 radical (unpaired) electrons. The number of benzene rings is 1. The van der Waals surface area contributed by atoms with Crippen LogP contribution in [0.4, 0.5) is 0 Å². The quantitative estimate of drug-likeness (QED) is 0.789. The third-order valence-electron chi connectivity index (χ3n) is 2.76. The Kier molecular flexibility index (Phi) is 3.43. The van der Waals surface area contributed by atoms with Crippen molar-refractivity contribution in [2.75, 3.05) is 6.54 Å². The molecule has 0 saturated carbocycles. The molecule has 1 heterocycles. The molecule has 2 rings (SSSR count). The van der Waals surface area contributed by atoms with E-state index in [1.54, 1.807) is 30.5 Å².